The lowest BCUT2D eigenvalue weighted by atomic mass is 10.1. The first-order valence-electron chi connectivity index (χ1n) is 8.39. The van der Waals surface area contributed by atoms with Crippen LogP contribution in [0.25, 0.3) is 0 Å². The molecule has 1 N–H and O–H groups in total. The molecule has 0 aliphatic carbocycles. The Hall–Kier alpha value is -2.86. The van der Waals surface area contributed by atoms with Crippen LogP contribution in [-0.2, 0) is 11.8 Å². The van der Waals surface area contributed by atoms with Crippen molar-refractivity contribution in [3.63, 3.8) is 0 Å². The van der Waals surface area contributed by atoms with E-state index >= 15 is 0 Å². The standard InChI is InChI=1S/C20H19ClFN3O2/c1-13(27-17-5-3-4-15(21)12-17)20(26)24-18(19-23-10-11-25(19)2)14-6-8-16(22)9-7-14/h3-13,18H,1-2H3,(H,24,26). The van der Waals surface area contributed by atoms with Gasteiger partial charge in [0.05, 0.1) is 0 Å². The van der Waals surface area contributed by atoms with Crippen LogP contribution < -0.4 is 10.1 Å². The van der Waals surface area contributed by atoms with E-state index in [4.69, 9.17) is 16.3 Å². The average molecular weight is 388 g/mol. The Morgan fingerprint density at radius 1 is 1.26 bits per heavy atom. The fourth-order valence-electron chi connectivity index (χ4n) is 2.67. The minimum Gasteiger partial charge on any atom is -0.481 e. The van der Waals surface area contributed by atoms with Crippen LogP contribution in [0.2, 0.25) is 5.02 Å². The molecule has 0 bridgehead atoms. The van der Waals surface area contributed by atoms with Gasteiger partial charge in [0, 0.05) is 24.5 Å². The van der Waals surface area contributed by atoms with E-state index in [2.05, 4.69) is 10.3 Å². The number of carbonyl (C=O) groups excluding carboxylic acids is 1. The lowest BCUT2D eigenvalue weighted by Crippen LogP contribution is -2.39. The highest BCUT2D eigenvalue weighted by molar-refractivity contribution is 6.30. The Morgan fingerprint density at radius 3 is 2.63 bits per heavy atom. The molecule has 2 aromatic carbocycles. The number of rotatable bonds is 6. The van der Waals surface area contributed by atoms with Crippen molar-refractivity contribution in [2.45, 2.75) is 19.1 Å². The monoisotopic (exact) mass is 387 g/mol. The molecule has 0 fully saturated rings. The number of hydrogen-bond acceptors (Lipinski definition) is 3. The quantitative estimate of drug-likeness (QED) is 0.698. The van der Waals surface area contributed by atoms with Crippen LogP contribution >= 0.6 is 11.6 Å². The van der Waals surface area contributed by atoms with Crippen LogP contribution in [0.5, 0.6) is 5.75 Å². The molecule has 2 atom stereocenters. The molecule has 0 saturated carbocycles. The Balaban J connectivity index is 1.80. The number of nitrogens with zero attached hydrogens (tertiary/aromatic N) is 2. The Bertz CT molecular complexity index is 927. The zero-order chi connectivity index (χ0) is 19.4. The summed E-state index contributed by atoms with van der Waals surface area (Å²) in [5.41, 5.74) is 0.717. The van der Waals surface area contributed by atoms with Gasteiger partial charge in [-0.1, -0.05) is 29.8 Å². The van der Waals surface area contributed by atoms with Gasteiger partial charge in [-0.2, -0.15) is 0 Å². The molecule has 1 heterocycles. The molecule has 7 heteroatoms. The van der Waals surface area contributed by atoms with Gasteiger partial charge in [0.1, 0.15) is 23.4 Å². The predicted molar refractivity (Wildman–Crippen MR) is 101 cm³/mol. The van der Waals surface area contributed by atoms with Crippen LogP contribution in [0.4, 0.5) is 4.39 Å². The maximum atomic E-state index is 13.3. The van der Waals surface area contributed by atoms with E-state index in [1.54, 1.807) is 60.3 Å². The molecule has 5 nitrogen and oxygen atoms in total. The minimum atomic E-state index is -0.758. The van der Waals surface area contributed by atoms with Gasteiger partial charge in [-0.25, -0.2) is 9.37 Å². The van der Waals surface area contributed by atoms with Gasteiger partial charge >= 0.3 is 0 Å². The summed E-state index contributed by atoms with van der Waals surface area (Å²) < 4.78 is 20.8. The zero-order valence-corrected chi connectivity index (χ0v) is 15.7. The number of imidazole rings is 1. The summed E-state index contributed by atoms with van der Waals surface area (Å²) in [5, 5.41) is 3.45. The van der Waals surface area contributed by atoms with Crippen molar-refractivity contribution in [1.29, 1.82) is 0 Å². The summed E-state index contributed by atoms with van der Waals surface area (Å²) in [7, 11) is 1.83. The van der Waals surface area contributed by atoms with Crippen molar-refractivity contribution in [2.75, 3.05) is 0 Å². The SMILES string of the molecule is CC(Oc1cccc(Cl)c1)C(=O)NC(c1ccc(F)cc1)c1nccn1C. The number of halogens is 2. The van der Waals surface area contributed by atoms with E-state index in [-0.39, 0.29) is 11.7 Å². The van der Waals surface area contributed by atoms with Crippen molar-refractivity contribution < 1.29 is 13.9 Å². The topological polar surface area (TPSA) is 56.1 Å². The van der Waals surface area contributed by atoms with Crippen molar-refractivity contribution in [3.05, 3.63) is 83.2 Å². The molecule has 3 aromatic rings. The second-order valence-electron chi connectivity index (χ2n) is 6.11. The second kappa shape index (κ2) is 8.22. The van der Waals surface area contributed by atoms with Crippen LogP contribution in [0.15, 0.2) is 60.9 Å². The van der Waals surface area contributed by atoms with Crippen molar-refractivity contribution >= 4 is 17.5 Å². The van der Waals surface area contributed by atoms with Gasteiger partial charge in [0.2, 0.25) is 0 Å². The van der Waals surface area contributed by atoms with E-state index in [1.165, 1.54) is 12.1 Å². The van der Waals surface area contributed by atoms with E-state index in [0.717, 1.165) is 0 Å². The van der Waals surface area contributed by atoms with Crippen LogP contribution in [0.1, 0.15) is 24.4 Å². The molecule has 3 rings (SSSR count). The highest BCUT2D eigenvalue weighted by Gasteiger charge is 2.24. The molecular weight excluding hydrogens is 369 g/mol. The van der Waals surface area contributed by atoms with Crippen LogP contribution in [0, 0.1) is 5.82 Å². The molecule has 27 heavy (non-hydrogen) atoms. The molecule has 0 saturated heterocycles. The molecule has 1 amide bonds. The molecule has 0 spiro atoms. The molecule has 140 valence electrons. The molecule has 2 unspecified atom stereocenters. The third-order valence-corrected chi connectivity index (χ3v) is 4.32. The number of benzene rings is 2. The first-order chi connectivity index (χ1) is 12.9. The van der Waals surface area contributed by atoms with E-state index in [0.29, 0.717) is 22.2 Å². The fraction of sp³-hybridized carbons (Fsp3) is 0.200. The van der Waals surface area contributed by atoms with E-state index in [9.17, 15) is 9.18 Å². The van der Waals surface area contributed by atoms with Gasteiger partial charge in [0.15, 0.2) is 6.10 Å². The number of carbonyl (C=O) groups is 1. The number of ether oxygens (including phenoxy) is 1. The smallest absolute Gasteiger partial charge is 0.261 e. The summed E-state index contributed by atoms with van der Waals surface area (Å²) in [5.74, 6) is 0.457. The number of nitrogens with one attached hydrogen (secondary N) is 1. The van der Waals surface area contributed by atoms with Gasteiger partial charge in [-0.05, 0) is 42.8 Å². The number of amides is 1. The lowest BCUT2D eigenvalue weighted by Gasteiger charge is -2.22. The second-order valence-corrected chi connectivity index (χ2v) is 6.54. The third kappa shape index (κ3) is 4.65. The maximum absolute atomic E-state index is 13.3. The van der Waals surface area contributed by atoms with Crippen molar-refractivity contribution in [2.24, 2.45) is 7.05 Å². The molecular formula is C20H19ClFN3O2. The number of hydrogen-bond donors (Lipinski definition) is 1. The normalized spacial score (nSPS) is 13.0. The van der Waals surface area contributed by atoms with Crippen LogP contribution in [0.3, 0.4) is 0 Å². The largest absolute Gasteiger partial charge is 0.481 e. The van der Waals surface area contributed by atoms with Gasteiger partial charge in [-0.3, -0.25) is 4.79 Å². The average Bonchev–Trinajstić information content (AvgIpc) is 3.06. The van der Waals surface area contributed by atoms with Gasteiger partial charge in [0.25, 0.3) is 5.91 Å². The van der Waals surface area contributed by atoms with E-state index < -0.39 is 12.1 Å². The highest BCUT2D eigenvalue weighted by atomic mass is 35.5. The molecule has 0 radical (unpaired) electrons. The van der Waals surface area contributed by atoms with Gasteiger partial charge in [-0.15, -0.1) is 0 Å². The summed E-state index contributed by atoms with van der Waals surface area (Å²) in [6, 6.07) is 12.3. The van der Waals surface area contributed by atoms with Gasteiger partial charge < -0.3 is 14.6 Å². The first-order valence-corrected chi connectivity index (χ1v) is 8.77. The van der Waals surface area contributed by atoms with Crippen molar-refractivity contribution in [1.82, 2.24) is 14.9 Å². The fourth-order valence-corrected chi connectivity index (χ4v) is 2.85. The minimum absolute atomic E-state index is 0.327. The third-order valence-electron chi connectivity index (χ3n) is 4.08. The Labute approximate surface area is 161 Å². The number of aryl methyl sites for hydroxylation is 1. The number of aromatic nitrogens is 2. The van der Waals surface area contributed by atoms with E-state index in [1.807, 2.05) is 7.05 Å². The first kappa shape index (κ1) is 18.9. The maximum Gasteiger partial charge on any atom is 0.261 e. The summed E-state index contributed by atoms with van der Waals surface area (Å²) in [6.07, 6.45) is 2.67. The molecule has 0 aliphatic rings. The summed E-state index contributed by atoms with van der Waals surface area (Å²) >= 11 is 5.95. The summed E-state index contributed by atoms with van der Waals surface area (Å²) in [6.45, 7) is 1.65. The Kier molecular flexibility index (Phi) is 5.76. The van der Waals surface area contributed by atoms with Crippen LogP contribution in [-0.4, -0.2) is 21.6 Å². The predicted octanol–water partition coefficient (Wildman–Crippen LogP) is 3.89. The molecule has 1 aromatic heterocycles. The summed E-state index contributed by atoms with van der Waals surface area (Å²) in [4.78, 5) is 17.0. The molecule has 0 aliphatic heterocycles. The van der Waals surface area contributed by atoms with Crippen molar-refractivity contribution in [3.8, 4) is 5.75 Å². The zero-order valence-electron chi connectivity index (χ0n) is 14.9. The Morgan fingerprint density at radius 2 is 2.00 bits per heavy atom. The lowest BCUT2D eigenvalue weighted by molar-refractivity contribution is -0.127. The highest BCUT2D eigenvalue weighted by Crippen LogP contribution is 2.22.